The second-order valence-electron chi connectivity index (χ2n) is 3.67. The summed E-state index contributed by atoms with van der Waals surface area (Å²) in [6.45, 7) is 1.95. The van der Waals surface area contributed by atoms with Crippen LogP contribution in [0, 0.1) is 5.92 Å². The van der Waals surface area contributed by atoms with Gasteiger partial charge < -0.3 is 15.4 Å². The fourth-order valence-electron chi connectivity index (χ4n) is 1.60. The quantitative estimate of drug-likeness (QED) is 0.586. The van der Waals surface area contributed by atoms with Gasteiger partial charge in [0.1, 0.15) is 0 Å². The van der Waals surface area contributed by atoms with Crippen LogP contribution in [0.4, 0.5) is 0 Å². The molecule has 1 fully saturated rings. The fraction of sp³-hybridized carbons (Fsp3) is 0.800. The van der Waals surface area contributed by atoms with Gasteiger partial charge in [-0.2, -0.15) is 0 Å². The molecule has 0 aliphatic carbocycles. The topological polar surface area (TPSA) is 67.4 Å². The molecule has 0 spiro atoms. The van der Waals surface area contributed by atoms with Gasteiger partial charge in [0.05, 0.1) is 13.0 Å². The van der Waals surface area contributed by atoms with Crippen LogP contribution in [0.1, 0.15) is 19.3 Å². The molecule has 5 heteroatoms. The van der Waals surface area contributed by atoms with Crippen LogP contribution in [0.2, 0.25) is 0 Å². The third-order valence-electron chi connectivity index (χ3n) is 2.52. The zero-order valence-corrected chi connectivity index (χ0v) is 9.04. The lowest BCUT2D eigenvalue weighted by Crippen LogP contribution is -2.36. The molecule has 1 heterocycles. The van der Waals surface area contributed by atoms with Crippen molar-refractivity contribution in [2.24, 2.45) is 5.92 Å². The second kappa shape index (κ2) is 6.40. The number of esters is 1. The number of hydrogen-bond donors (Lipinski definition) is 2. The molecule has 15 heavy (non-hydrogen) atoms. The van der Waals surface area contributed by atoms with Gasteiger partial charge in [-0.1, -0.05) is 0 Å². The Balaban J connectivity index is 2.46. The highest BCUT2D eigenvalue weighted by molar-refractivity contribution is 5.78. The van der Waals surface area contributed by atoms with Crippen molar-refractivity contribution in [3.8, 4) is 0 Å². The molecule has 86 valence electrons. The molecule has 1 aliphatic rings. The Morgan fingerprint density at radius 1 is 1.47 bits per heavy atom. The predicted molar refractivity (Wildman–Crippen MR) is 55.2 cm³/mol. The monoisotopic (exact) mass is 214 g/mol. The van der Waals surface area contributed by atoms with E-state index in [1.807, 2.05) is 0 Å². The average molecular weight is 214 g/mol. The maximum atomic E-state index is 11.3. The fourth-order valence-corrected chi connectivity index (χ4v) is 1.60. The molecule has 1 aliphatic heterocycles. The molecule has 0 aromatic rings. The SMILES string of the molecule is COC(=O)C1CCCNCCC(=O)NC1. The molecule has 1 unspecified atom stereocenters. The number of hydrogen-bond acceptors (Lipinski definition) is 4. The maximum absolute atomic E-state index is 11.3. The van der Waals surface area contributed by atoms with E-state index in [4.69, 9.17) is 0 Å². The number of rotatable bonds is 1. The third-order valence-corrected chi connectivity index (χ3v) is 2.52. The highest BCUT2D eigenvalue weighted by Crippen LogP contribution is 2.08. The summed E-state index contributed by atoms with van der Waals surface area (Å²) in [6, 6.07) is 0. The highest BCUT2D eigenvalue weighted by atomic mass is 16.5. The predicted octanol–water partition coefficient (Wildman–Crippen LogP) is -0.335. The summed E-state index contributed by atoms with van der Waals surface area (Å²) in [6.07, 6.45) is 2.14. The number of carbonyl (C=O) groups is 2. The van der Waals surface area contributed by atoms with Crippen molar-refractivity contribution in [3.05, 3.63) is 0 Å². The molecule has 1 rings (SSSR count). The van der Waals surface area contributed by atoms with Crippen LogP contribution in [0.25, 0.3) is 0 Å². The van der Waals surface area contributed by atoms with Gasteiger partial charge in [0.15, 0.2) is 0 Å². The third kappa shape index (κ3) is 4.29. The highest BCUT2D eigenvalue weighted by Gasteiger charge is 2.20. The minimum Gasteiger partial charge on any atom is -0.469 e. The molecular weight excluding hydrogens is 196 g/mol. The molecule has 0 saturated carbocycles. The largest absolute Gasteiger partial charge is 0.469 e. The number of ether oxygens (including phenoxy) is 1. The average Bonchev–Trinajstić information content (AvgIpc) is 2.26. The Kier molecular flexibility index (Phi) is 5.10. The van der Waals surface area contributed by atoms with Crippen LogP contribution in [-0.2, 0) is 14.3 Å². The van der Waals surface area contributed by atoms with Crippen molar-refractivity contribution < 1.29 is 14.3 Å². The standard InChI is InChI=1S/C10H18N2O3/c1-15-10(14)8-3-2-5-11-6-4-9(13)12-7-8/h8,11H,2-7H2,1H3,(H,12,13). The van der Waals surface area contributed by atoms with Crippen molar-refractivity contribution in [1.29, 1.82) is 0 Å². The second-order valence-corrected chi connectivity index (χ2v) is 3.67. The van der Waals surface area contributed by atoms with Gasteiger partial charge in [0, 0.05) is 19.5 Å². The summed E-state index contributed by atoms with van der Waals surface area (Å²) in [7, 11) is 1.38. The van der Waals surface area contributed by atoms with Crippen molar-refractivity contribution in [1.82, 2.24) is 10.6 Å². The zero-order valence-electron chi connectivity index (χ0n) is 9.04. The van der Waals surface area contributed by atoms with E-state index in [2.05, 4.69) is 15.4 Å². The van der Waals surface area contributed by atoms with Gasteiger partial charge >= 0.3 is 5.97 Å². The lowest BCUT2D eigenvalue weighted by Gasteiger charge is -2.17. The summed E-state index contributed by atoms with van der Waals surface area (Å²) in [5, 5.41) is 5.89. The molecular formula is C10H18N2O3. The Morgan fingerprint density at radius 2 is 2.27 bits per heavy atom. The van der Waals surface area contributed by atoms with E-state index in [1.54, 1.807) is 0 Å². The normalized spacial score (nSPS) is 24.1. The molecule has 0 aromatic heterocycles. The van der Waals surface area contributed by atoms with Gasteiger partial charge in [0.2, 0.25) is 5.91 Å². The number of carbonyl (C=O) groups excluding carboxylic acids is 2. The Morgan fingerprint density at radius 3 is 3.00 bits per heavy atom. The summed E-state index contributed by atoms with van der Waals surface area (Å²) in [4.78, 5) is 22.6. The van der Waals surface area contributed by atoms with Crippen molar-refractivity contribution in [3.63, 3.8) is 0 Å². The maximum Gasteiger partial charge on any atom is 0.310 e. The van der Waals surface area contributed by atoms with E-state index in [-0.39, 0.29) is 17.8 Å². The first-order chi connectivity index (χ1) is 7.24. The smallest absolute Gasteiger partial charge is 0.310 e. The lowest BCUT2D eigenvalue weighted by molar-refractivity contribution is -0.145. The molecule has 1 atom stereocenters. The van der Waals surface area contributed by atoms with Crippen molar-refractivity contribution >= 4 is 11.9 Å². The molecule has 0 radical (unpaired) electrons. The molecule has 0 bridgehead atoms. The number of amides is 1. The first-order valence-electron chi connectivity index (χ1n) is 5.29. The van der Waals surface area contributed by atoms with Crippen molar-refractivity contribution in [2.45, 2.75) is 19.3 Å². The van der Waals surface area contributed by atoms with E-state index in [0.29, 0.717) is 19.5 Å². The van der Waals surface area contributed by atoms with Crippen LogP contribution in [0.15, 0.2) is 0 Å². The van der Waals surface area contributed by atoms with Gasteiger partial charge in [-0.05, 0) is 19.4 Å². The van der Waals surface area contributed by atoms with E-state index < -0.39 is 0 Å². The zero-order chi connectivity index (χ0) is 11.1. The van der Waals surface area contributed by atoms with Crippen LogP contribution < -0.4 is 10.6 Å². The van der Waals surface area contributed by atoms with Crippen LogP contribution >= 0.6 is 0 Å². The first-order valence-corrected chi connectivity index (χ1v) is 5.29. The van der Waals surface area contributed by atoms with E-state index >= 15 is 0 Å². The van der Waals surface area contributed by atoms with E-state index in [9.17, 15) is 9.59 Å². The molecule has 2 N–H and O–H groups in total. The lowest BCUT2D eigenvalue weighted by atomic mass is 10.0. The first kappa shape index (κ1) is 12.0. The summed E-state index contributed by atoms with van der Waals surface area (Å²) in [5.41, 5.74) is 0. The van der Waals surface area contributed by atoms with Crippen molar-refractivity contribution in [2.75, 3.05) is 26.7 Å². The number of nitrogens with one attached hydrogen (secondary N) is 2. The Labute approximate surface area is 89.6 Å². The van der Waals surface area contributed by atoms with Gasteiger partial charge in [-0.25, -0.2) is 0 Å². The summed E-state index contributed by atoms with van der Waals surface area (Å²) < 4.78 is 4.68. The van der Waals surface area contributed by atoms with Gasteiger partial charge in [-0.3, -0.25) is 9.59 Å². The van der Waals surface area contributed by atoms with E-state index in [0.717, 1.165) is 19.4 Å². The number of methoxy groups -OCH3 is 1. The molecule has 5 nitrogen and oxygen atoms in total. The van der Waals surface area contributed by atoms with Gasteiger partial charge in [0.25, 0.3) is 0 Å². The molecule has 1 amide bonds. The van der Waals surface area contributed by atoms with Crippen LogP contribution in [-0.4, -0.2) is 38.6 Å². The minimum atomic E-state index is -0.240. The van der Waals surface area contributed by atoms with Crippen LogP contribution in [0.5, 0.6) is 0 Å². The van der Waals surface area contributed by atoms with Gasteiger partial charge in [-0.15, -0.1) is 0 Å². The molecule has 1 saturated heterocycles. The Bertz CT molecular complexity index is 231. The Hall–Kier alpha value is -1.10. The summed E-state index contributed by atoms with van der Waals surface area (Å²) in [5.74, 6) is -0.465. The minimum absolute atomic E-state index is 0.0155. The summed E-state index contributed by atoms with van der Waals surface area (Å²) >= 11 is 0. The van der Waals surface area contributed by atoms with E-state index in [1.165, 1.54) is 7.11 Å². The van der Waals surface area contributed by atoms with Crippen LogP contribution in [0.3, 0.4) is 0 Å². The molecule has 0 aromatic carbocycles.